The summed E-state index contributed by atoms with van der Waals surface area (Å²) in [6, 6.07) is 15.9. The molecular formula is C16H17NO3S. The lowest BCUT2D eigenvalue weighted by Crippen LogP contribution is -2.18. The second-order valence-electron chi connectivity index (χ2n) is 4.79. The number of hydrogen-bond acceptors (Lipinski definition) is 3. The lowest BCUT2D eigenvalue weighted by molar-refractivity contribution is 0.101. The highest BCUT2D eigenvalue weighted by Gasteiger charge is 2.11. The van der Waals surface area contributed by atoms with Crippen molar-refractivity contribution in [3.05, 3.63) is 65.7 Å². The lowest BCUT2D eigenvalue weighted by atomic mass is 10.1. The van der Waals surface area contributed by atoms with Crippen molar-refractivity contribution in [2.75, 3.05) is 10.5 Å². The van der Waals surface area contributed by atoms with E-state index in [-0.39, 0.29) is 11.5 Å². The Hall–Kier alpha value is -2.14. The number of rotatable bonds is 6. The quantitative estimate of drug-likeness (QED) is 0.835. The van der Waals surface area contributed by atoms with Gasteiger partial charge in [-0.1, -0.05) is 42.5 Å². The van der Waals surface area contributed by atoms with Gasteiger partial charge in [0.1, 0.15) is 0 Å². The molecule has 0 saturated heterocycles. The number of carbonyl (C=O) groups excluding carboxylic acids is 1. The SMILES string of the molecule is CC(=O)c1cccc(NS(=O)(=O)CCc2ccccc2)c1. The van der Waals surface area contributed by atoms with Crippen molar-refractivity contribution in [2.45, 2.75) is 13.3 Å². The number of benzene rings is 2. The van der Waals surface area contributed by atoms with Crippen LogP contribution < -0.4 is 4.72 Å². The molecule has 0 amide bonds. The third-order valence-electron chi connectivity index (χ3n) is 3.04. The van der Waals surface area contributed by atoms with Crippen LogP contribution in [-0.4, -0.2) is 20.0 Å². The zero-order valence-electron chi connectivity index (χ0n) is 11.7. The summed E-state index contributed by atoms with van der Waals surface area (Å²) in [6.45, 7) is 1.45. The Kier molecular flexibility index (Phi) is 4.75. The van der Waals surface area contributed by atoms with Crippen LogP contribution in [0.25, 0.3) is 0 Å². The molecular weight excluding hydrogens is 286 g/mol. The van der Waals surface area contributed by atoms with Gasteiger partial charge in [0.2, 0.25) is 10.0 Å². The molecule has 2 rings (SSSR count). The molecule has 0 fully saturated rings. The van der Waals surface area contributed by atoms with Gasteiger partial charge in [0, 0.05) is 11.3 Å². The van der Waals surface area contributed by atoms with Crippen LogP contribution in [-0.2, 0) is 16.4 Å². The van der Waals surface area contributed by atoms with E-state index in [4.69, 9.17) is 0 Å². The third kappa shape index (κ3) is 4.72. The molecule has 0 unspecified atom stereocenters. The summed E-state index contributed by atoms with van der Waals surface area (Å²) in [7, 11) is -3.44. The van der Waals surface area contributed by atoms with Crippen LogP contribution in [0.5, 0.6) is 0 Å². The van der Waals surface area contributed by atoms with Crippen LogP contribution in [0.4, 0.5) is 5.69 Å². The first-order valence-electron chi connectivity index (χ1n) is 6.62. The molecule has 0 aromatic heterocycles. The van der Waals surface area contributed by atoms with E-state index in [1.807, 2.05) is 30.3 Å². The molecule has 110 valence electrons. The minimum atomic E-state index is -3.44. The highest BCUT2D eigenvalue weighted by atomic mass is 32.2. The third-order valence-corrected chi connectivity index (χ3v) is 4.33. The summed E-state index contributed by atoms with van der Waals surface area (Å²) >= 11 is 0. The Morgan fingerprint density at radius 1 is 1.05 bits per heavy atom. The first-order chi connectivity index (χ1) is 9.96. The first kappa shape index (κ1) is 15.3. The van der Waals surface area contributed by atoms with Crippen LogP contribution in [0.15, 0.2) is 54.6 Å². The maximum absolute atomic E-state index is 12.1. The standard InChI is InChI=1S/C16H17NO3S/c1-13(18)15-8-5-9-16(12-15)17-21(19,20)11-10-14-6-3-2-4-7-14/h2-9,12,17H,10-11H2,1H3. The van der Waals surface area contributed by atoms with Gasteiger partial charge in [0.15, 0.2) is 5.78 Å². The number of hydrogen-bond donors (Lipinski definition) is 1. The highest BCUT2D eigenvalue weighted by Crippen LogP contribution is 2.13. The van der Waals surface area contributed by atoms with Crippen LogP contribution in [0.3, 0.4) is 0 Å². The molecule has 21 heavy (non-hydrogen) atoms. The fraction of sp³-hybridized carbons (Fsp3) is 0.188. The van der Waals surface area contributed by atoms with E-state index in [0.717, 1.165) is 5.56 Å². The zero-order chi connectivity index (χ0) is 15.3. The summed E-state index contributed by atoms with van der Waals surface area (Å²) in [4.78, 5) is 11.3. The second-order valence-corrected chi connectivity index (χ2v) is 6.64. The first-order valence-corrected chi connectivity index (χ1v) is 8.27. The largest absolute Gasteiger partial charge is 0.295 e. The molecule has 1 N–H and O–H groups in total. The number of Topliss-reactive ketones (excluding diaryl/α,β-unsaturated/α-hetero) is 1. The number of carbonyl (C=O) groups is 1. The summed E-state index contributed by atoms with van der Waals surface area (Å²) in [5.74, 6) is -0.0956. The molecule has 0 saturated carbocycles. The van der Waals surface area contributed by atoms with E-state index in [1.54, 1.807) is 24.3 Å². The van der Waals surface area contributed by atoms with Crippen LogP contribution in [0.1, 0.15) is 22.8 Å². The van der Waals surface area contributed by atoms with Crippen molar-refractivity contribution in [3.8, 4) is 0 Å². The highest BCUT2D eigenvalue weighted by molar-refractivity contribution is 7.92. The van der Waals surface area contributed by atoms with Crippen LogP contribution in [0, 0.1) is 0 Å². The lowest BCUT2D eigenvalue weighted by Gasteiger charge is -2.09. The molecule has 0 atom stereocenters. The number of aryl methyl sites for hydroxylation is 1. The van der Waals surface area contributed by atoms with Crippen molar-refractivity contribution in [1.82, 2.24) is 0 Å². The normalized spacial score (nSPS) is 11.1. The van der Waals surface area contributed by atoms with Crippen molar-refractivity contribution in [2.24, 2.45) is 0 Å². The van der Waals surface area contributed by atoms with Gasteiger partial charge in [-0.05, 0) is 31.0 Å². The summed E-state index contributed by atoms with van der Waals surface area (Å²) in [6.07, 6.45) is 0.447. The van der Waals surface area contributed by atoms with Gasteiger partial charge in [-0.25, -0.2) is 8.42 Å². The molecule has 0 aliphatic carbocycles. The van der Waals surface area contributed by atoms with Gasteiger partial charge in [-0.15, -0.1) is 0 Å². The topological polar surface area (TPSA) is 63.2 Å². The van der Waals surface area contributed by atoms with Crippen molar-refractivity contribution in [1.29, 1.82) is 0 Å². The molecule has 0 aliphatic rings. The Labute approximate surface area is 124 Å². The van der Waals surface area contributed by atoms with Gasteiger partial charge >= 0.3 is 0 Å². The number of nitrogens with one attached hydrogen (secondary N) is 1. The van der Waals surface area contributed by atoms with E-state index >= 15 is 0 Å². The van der Waals surface area contributed by atoms with Crippen molar-refractivity contribution < 1.29 is 13.2 Å². The molecule has 0 radical (unpaired) electrons. The van der Waals surface area contributed by atoms with Gasteiger partial charge in [0.05, 0.1) is 5.75 Å². The minimum Gasteiger partial charge on any atom is -0.295 e. The fourth-order valence-corrected chi connectivity index (χ4v) is 3.02. The van der Waals surface area contributed by atoms with E-state index in [1.165, 1.54) is 6.92 Å². The van der Waals surface area contributed by atoms with E-state index in [2.05, 4.69) is 4.72 Å². The molecule has 4 nitrogen and oxygen atoms in total. The average molecular weight is 303 g/mol. The molecule has 5 heteroatoms. The van der Waals surface area contributed by atoms with E-state index in [0.29, 0.717) is 17.7 Å². The smallest absolute Gasteiger partial charge is 0.233 e. The zero-order valence-corrected chi connectivity index (χ0v) is 12.6. The Morgan fingerprint density at radius 3 is 2.43 bits per heavy atom. The summed E-state index contributed by atoms with van der Waals surface area (Å²) in [5.41, 5.74) is 1.87. The van der Waals surface area contributed by atoms with Crippen molar-refractivity contribution in [3.63, 3.8) is 0 Å². The van der Waals surface area contributed by atoms with Crippen LogP contribution in [0.2, 0.25) is 0 Å². The Bertz CT molecular complexity index is 724. The maximum atomic E-state index is 12.1. The minimum absolute atomic E-state index is 0.00130. The second kappa shape index (κ2) is 6.54. The Morgan fingerprint density at radius 2 is 1.76 bits per heavy atom. The van der Waals surface area contributed by atoms with Crippen LogP contribution >= 0.6 is 0 Å². The number of anilines is 1. The molecule has 0 aliphatic heterocycles. The van der Waals surface area contributed by atoms with E-state index in [9.17, 15) is 13.2 Å². The summed E-state index contributed by atoms with van der Waals surface area (Å²) in [5, 5.41) is 0. The number of sulfonamides is 1. The predicted octanol–water partition coefficient (Wildman–Crippen LogP) is 2.87. The monoisotopic (exact) mass is 303 g/mol. The Balaban J connectivity index is 2.04. The van der Waals surface area contributed by atoms with Gasteiger partial charge in [-0.3, -0.25) is 9.52 Å². The maximum Gasteiger partial charge on any atom is 0.233 e. The molecule has 0 heterocycles. The molecule has 0 bridgehead atoms. The van der Waals surface area contributed by atoms with E-state index < -0.39 is 10.0 Å². The summed E-state index contributed by atoms with van der Waals surface area (Å²) < 4.78 is 26.6. The van der Waals surface area contributed by atoms with Crippen molar-refractivity contribution >= 4 is 21.5 Å². The van der Waals surface area contributed by atoms with Gasteiger partial charge in [0.25, 0.3) is 0 Å². The fourth-order valence-electron chi connectivity index (χ4n) is 1.93. The number of ketones is 1. The molecule has 0 spiro atoms. The molecule has 2 aromatic carbocycles. The average Bonchev–Trinajstić information content (AvgIpc) is 2.46. The predicted molar refractivity (Wildman–Crippen MR) is 84.0 cm³/mol. The van der Waals surface area contributed by atoms with Gasteiger partial charge in [-0.2, -0.15) is 0 Å². The van der Waals surface area contributed by atoms with Gasteiger partial charge < -0.3 is 0 Å². The molecule has 2 aromatic rings.